The van der Waals surface area contributed by atoms with E-state index < -0.39 is 0 Å². The Labute approximate surface area is 126 Å². The van der Waals surface area contributed by atoms with Crippen molar-refractivity contribution in [3.05, 3.63) is 0 Å². The molecule has 0 aromatic heterocycles. The van der Waals surface area contributed by atoms with Crippen molar-refractivity contribution in [1.29, 1.82) is 0 Å². The van der Waals surface area contributed by atoms with Crippen LogP contribution >= 0.6 is 0 Å². The van der Waals surface area contributed by atoms with Gasteiger partial charge in [-0.2, -0.15) is 0 Å². The van der Waals surface area contributed by atoms with Crippen molar-refractivity contribution in [2.24, 2.45) is 11.8 Å². The Morgan fingerprint density at radius 2 is 2.14 bits per heavy atom. The summed E-state index contributed by atoms with van der Waals surface area (Å²) in [6, 6.07) is 0.109. The molecule has 2 fully saturated rings. The summed E-state index contributed by atoms with van der Waals surface area (Å²) in [4.78, 5) is 26.3. The van der Waals surface area contributed by atoms with Crippen molar-refractivity contribution in [1.82, 2.24) is 15.5 Å². The first kappa shape index (κ1) is 16.2. The molecule has 2 aliphatic heterocycles. The lowest BCUT2D eigenvalue weighted by Crippen LogP contribution is -2.50. The van der Waals surface area contributed by atoms with Gasteiger partial charge in [0.05, 0.1) is 25.0 Å². The SMILES string of the molecule is CCCNC1COCC1C(=O)N1CCCC(C(=O)NC)C1. The molecule has 2 amide bonds. The van der Waals surface area contributed by atoms with Gasteiger partial charge < -0.3 is 20.3 Å². The molecule has 0 bridgehead atoms. The zero-order chi connectivity index (χ0) is 15.2. The molecule has 0 radical (unpaired) electrons. The highest BCUT2D eigenvalue weighted by atomic mass is 16.5. The van der Waals surface area contributed by atoms with E-state index in [0.717, 1.165) is 32.4 Å². The van der Waals surface area contributed by atoms with Crippen LogP contribution in [0.5, 0.6) is 0 Å². The summed E-state index contributed by atoms with van der Waals surface area (Å²) < 4.78 is 5.48. The van der Waals surface area contributed by atoms with Crippen LogP contribution in [-0.2, 0) is 14.3 Å². The Morgan fingerprint density at radius 3 is 2.86 bits per heavy atom. The van der Waals surface area contributed by atoms with Crippen LogP contribution in [0.3, 0.4) is 0 Å². The average Bonchev–Trinajstić information content (AvgIpc) is 2.99. The van der Waals surface area contributed by atoms with E-state index in [0.29, 0.717) is 19.8 Å². The van der Waals surface area contributed by atoms with Gasteiger partial charge in [-0.05, 0) is 25.8 Å². The molecular formula is C15H27N3O3. The topological polar surface area (TPSA) is 70.7 Å². The predicted octanol–water partition coefficient (Wildman–Crippen LogP) is -0.0144. The number of nitrogens with one attached hydrogen (secondary N) is 2. The second-order valence-electron chi connectivity index (χ2n) is 5.94. The maximum Gasteiger partial charge on any atom is 0.229 e. The second-order valence-corrected chi connectivity index (χ2v) is 5.94. The molecule has 120 valence electrons. The molecule has 0 saturated carbocycles. The fourth-order valence-corrected chi connectivity index (χ4v) is 3.16. The van der Waals surface area contributed by atoms with Gasteiger partial charge in [0.1, 0.15) is 0 Å². The molecule has 2 N–H and O–H groups in total. The van der Waals surface area contributed by atoms with Crippen LogP contribution in [0.4, 0.5) is 0 Å². The van der Waals surface area contributed by atoms with Gasteiger partial charge in [-0.25, -0.2) is 0 Å². The summed E-state index contributed by atoms with van der Waals surface area (Å²) in [5.41, 5.74) is 0. The largest absolute Gasteiger partial charge is 0.379 e. The number of carbonyl (C=O) groups excluding carboxylic acids is 2. The molecule has 3 atom stereocenters. The van der Waals surface area contributed by atoms with Crippen LogP contribution < -0.4 is 10.6 Å². The lowest BCUT2D eigenvalue weighted by molar-refractivity contribution is -0.139. The predicted molar refractivity (Wildman–Crippen MR) is 79.8 cm³/mol. The Bertz CT molecular complexity index is 375. The summed E-state index contributed by atoms with van der Waals surface area (Å²) in [5.74, 6) is -0.0115. The van der Waals surface area contributed by atoms with Gasteiger partial charge in [0.2, 0.25) is 11.8 Å². The Balaban J connectivity index is 1.93. The van der Waals surface area contributed by atoms with E-state index in [9.17, 15) is 9.59 Å². The summed E-state index contributed by atoms with van der Waals surface area (Å²) in [6.45, 7) is 5.39. The second kappa shape index (κ2) is 7.75. The van der Waals surface area contributed by atoms with Gasteiger partial charge in [-0.15, -0.1) is 0 Å². The van der Waals surface area contributed by atoms with E-state index in [-0.39, 0.29) is 29.7 Å². The number of ether oxygens (including phenoxy) is 1. The van der Waals surface area contributed by atoms with Crippen LogP contribution in [0.1, 0.15) is 26.2 Å². The number of piperidine rings is 1. The first-order valence-electron chi connectivity index (χ1n) is 7.98. The number of carbonyl (C=O) groups is 2. The van der Waals surface area contributed by atoms with E-state index in [1.165, 1.54) is 0 Å². The third-order valence-electron chi connectivity index (χ3n) is 4.40. The zero-order valence-corrected chi connectivity index (χ0v) is 13.1. The summed E-state index contributed by atoms with van der Waals surface area (Å²) in [6.07, 6.45) is 2.80. The molecule has 6 heteroatoms. The summed E-state index contributed by atoms with van der Waals surface area (Å²) in [5, 5.41) is 6.08. The molecule has 0 aliphatic carbocycles. The molecule has 2 saturated heterocycles. The highest BCUT2D eigenvalue weighted by Crippen LogP contribution is 2.22. The highest BCUT2D eigenvalue weighted by Gasteiger charge is 2.38. The van der Waals surface area contributed by atoms with Crippen LogP contribution in [0.25, 0.3) is 0 Å². The van der Waals surface area contributed by atoms with Crippen molar-refractivity contribution in [2.45, 2.75) is 32.2 Å². The number of amides is 2. The number of likely N-dealkylation sites (tertiary alicyclic amines) is 1. The Morgan fingerprint density at radius 1 is 1.33 bits per heavy atom. The molecule has 0 aromatic carbocycles. The van der Waals surface area contributed by atoms with E-state index in [1.807, 2.05) is 4.90 Å². The molecule has 0 spiro atoms. The number of nitrogens with zero attached hydrogens (tertiary/aromatic N) is 1. The highest BCUT2D eigenvalue weighted by molar-refractivity contribution is 5.82. The fourth-order valence-electron chi connectivity index (χ4n) is 3.16. The van der Waals surface area contributed by atoms with Crippen molar-refractivity contribution in [3.63, 3.8) is 0 Å². The minimum atomic E-state index is -0.111. The molecule has 6 nitrogen and oxygen atoms in total. The smallest absolute Gasteiger partial charge is 0.229 e. The maximum atomic E-state index is 12.7. The van der Waals surface area contributed by atoms with Crippen molar-refractivity contribution in [2.75, 3.05) is 39.9 Å². The maximum absolute atomic E-state index is 12.7. The van der Waals surface area contributed by atoms with E-state index in [2.05, 4.69) is 17.6 Å². The molecule has 21 heavy (non-hydrogen) atoms. The first-order chi connectivity index (χ1) is 10.2. The van der Waals surface area contributed by atoms with Gasteiger partial charge in [-0.3, -0.25) is 9.59 Å². The van der Waals surface area contributed by atoms with Crippen LogP contribution in [0.2, 0.25) is 0 Å². The molecule has 2 rings (SSSR count). The van der Waals surface area contributed by atoms with Gasteiger partial charge in [-0.1, -0.05) is 6.92 Å². The van der Waals surface area contributed by atoms with Gasteiger partial charge in [0.25, 0.3) is 0 Å². The van der Waals surface area contributed by atoms with Crippen molar-refractivity contribution >= 4 is 11.8 Å². The number of hydrogen-bond acceptors (Lipinski definition) is 4. The zero-order valence-electron chi connectivity index (χ0n) is 13.1. The van der Waals surface area contributed by atoms with Crippen molar-refractivity contribution < 1.29 is 14.3 Å². The molecule has 2 heterocycles. The third-order valence-corrected chi connectivity index (χ3v) is 4.40. The van der Waals surface area contributed by atoms with Gasteiger partial charge in [0, 0.05) is 26.2 Å². The fraction of sp³-hybridized carbons (Fsp3) is 0.867. The minimum absolute atomic E-state index is 0.0378. The Kier molecular flexibility index (Phi) is 5.99. The van der Waals surface area contributed by atoms with Crippen LogP contribution in [-0.4, -0.2) is 62.7 Å². The number of hydrogen-bond donors (Lipinski definition) is 2. The molecule has 0 aromatic rings. The van der Waals surface area contributed by atoms with E-state index >= 15 is 0 Å². The van der Waals surface area contributed by atoms with E-state index in [4.69, 9.17) is 4.74 Å². The van der Waals surface area contributed by atoms with Crippen molar-refractivity contribution in [3.8, 4) is 0 Å². The Hall–Kier alpha value is -1.14. The molecule has 3 unspecified atom stereocenters. The average molecular weight is 297 g/mol. The summed E-state index contributed by atoms with van der Waals surface area (Å²) in [7, 11) is 1.65. The lowest BCUT2D eigenvalue weighted by Gasteiger charge is -2.34. The first-order valence-corrected chi connectivity index (χ1v) is 7.98. The number of rotatable bonds is 5. The summed E-state index contributed by atoms with van der Waals surface area (Å²) >= 11 is 0. The standard InChI is InChI=1S/C15H27N3O3/c1-3-6-17-13-10-21-9-12(13)15(20)18-7-4-5-11(8-18)14(19)16-2/h11-13,17H,3-10H2,1-2H3,(H,16,19). The van der Waals surface area contributed by atoms with Gasteiger partial charge >= 0.3 is 0 Å². The van der Waals surface area contributed by atoms with Gasteiger partial charge in [0.15, 0.2) is 0 Å². The molecular weight excluding hydrogens is 270 g/mol. The minimum Gasteiger partial charge on any atom is -0.379 e. The van der Waals surface area contributed by atoms with Crippen LogP contribution in [0, 0.1) is 11.8 Å². The monoisotopic (exact) mass is 297 g/mol. The van der Waals surface area contributed by atoms with Crippen LogP contribution in [0.15, 0.2) is 0 Å². The van der Waals surface area contributed by atoms with E-state index in [1.54, 1.807) is 7.05 Å². The molecule has 2 aliphatic rings. The normalized spacial score (nSPS) is 29.4. The third kappa shape index (κ3) is 3.95. The quantitative estimate of drug-likeness (QED) is 0.748. The lowest BCUT2D eigenvalue weighted by atomic mass is 9.94.